The molecule has 1 unspecified atom stereocenters. The number of thioether (sulfide) groups is 1. The summed E-state index contributed by atoms with van der Waals surface area (Å²) >= 11 is 1.52. The van der Waals surface area contributed by atoms with Gasteiger partial charge in [0.05, 0.1) is 17.3 Å². The van der Waals surface area contributed by atoms with Crippen LogP contribution in [0.15, 0.2) is 23.1 Å². The van der Waals surface area contributed by atoms with Crippen LogP contribution in [0.3, 0.4) is 0 Å². The Balaban J connectivity index is 3.09. The number of aromatic carboxylic acids is 1. The molecule has 1 rings (SSSR count). The first-order valence-electron chi connectivity index (χ1n) is 6.35. The number of anilines is 1. The molecule has 1 aromatic carbocycles. The lowest BCUT2D eigenvalue weighted by Gasteiger charge is -2.17. The lowest BCUT2D eigenvalue weighted by atomic mass is 10.1. The number of rotatable bonds is 7. The highest BCUT2D eigenvalue weighted by Gasteiger charge is 2.17. The number of hydrogen-bond donors (Lipinski definition) is 2. The summed E-state index contributed by atoms with van der Waals surface area (Å²) in [6.45, 7) is 4.05. The average molecular weight is 277 g/mol. The second kappa shape index (κ2) is 7.75. The molecule has 102 valence electrons. The molecule has 0 aliphatic heterocycles. The summed E-state index contributed by atoms with van der Waals surface area (Å²) in [4.78, 5) is 12.2. The van der Waals surface area contributed by atoms with Crippen molar-refractivity contribution in [3.63, 3.8) is 0 Å². The summed E-state index contributed by atoms with van der Waals surface area (Å²) in [6, 6.07) is 5.31. The third-order valence-corrected chi connectivity index (χ3v) is 3.59. The normalized spacial score (nSPS) is 11.6. The maximum absolute atomic E-state index is 11.4. The van der Waals surface area contributed by atoms with Crippen molar-refractivity contribution in [2.24, 2.45) is 0 Å². The van der Waals surface area contributed by atoms with Crippen LogP contribution in [0, 0.1) is 12.3 Å². The van der Waals surface area contributed by atoms with Crippen LogP contribution in [0.4, 0.5) is 5.69 Å². The van der Waals surface area contributed by atoms with Gasteiger partial charge in [-0.2, -0.15) is 0 Å². The van der Waals surface area contributed by atoms with Crippen molar-refractivity contribution in [2.45, 2.75) is 37.6 Å². The molecule has 0 radical (unpaired) electrons. The summed E-state index contributed by atoms with van der Waals surface area (Å²) in [7, 11) is 0. The molecule has 0 aromatic heterocycles. The molecule has 0 spiro atoms. The van der Waals surface area contributed by atoms with E-state index in [1.54, 1.807) is 6.07 Å². The highest BCUT2D eigenvalue weighted by molar-refractivity contribution is 7.99. The van der Waals surface area contributed by atoms with Gasteiger partial charge in [-0.05, 0) is 24.3 Å². The molecule has 19 heavy (non-hydrogen) atoms. The van der Waals surface area contributed by atoms with Gasteiger partial charge in [0.1, 0.15) is 0 Å². The molecule has 1 atom stereocenters. The highest BCUT2D eigenvalue weighted by Crippen LogP contribution is 2.29. The van der Waals surface area contributed by atoms with Crippen LogP contribution in [-0.2, 0) is 0 Å². The topological polar surface area (TPSA) is 49.3 Å². The van der Waals surface area contributed by atoms with E-state index in [0.717, 1.165) is 23.5 Å². The van der Waals surface area contributed by atoms with Gasteiger partial charge >= 0.3 is 5.97 Å². The number of carboxylic acid groups (broad SMARTS) is 1. The predicted octanol–water partition coefficient (Wildman–Crippen LogP) is 3.71. The first-order chi connectivity index (χ1) is 9.13. The molecule has 1 aromatic rings. The van der Waals surface area contributed by atoms with Gasteiger partial charge in [0, 0.05) is 4.90 Å². The minimum atomic E-state index is -0.925. The second-order valence-electron chi connectivity index (χ2n) is 4.07. The largest absolute Gasteiger partial charge is 0.478 e. The van der Waals surface area contributed by atoms with E-state index in [-0.39, 0.29) is 6.04 Å². The Morgan fingerprint density at radius 2 is 2.26 bits per heavy atom. The van der Waals surface area contributed by atoms with E-state index in [2.05, 4.69) is 11.2 Å². The molecule has 0 heterocycles. The van der Waals surface area contributed by atoms with Crippen molar-refractivity contribution >= 4 is 23.4 Å². The third-order valence-electron chi connectivity index (χ3n) is 2.65. The third kappa shape index (κ3) is 4.22. The van der Waals surface area contributed by atoms with Crippen LogP contribution in [0.25, 0.3) is 0 Å². The fourth-order valence-electron chi connectivity index (χ4n) is 1.82. The Bertz CT molecular complexity index is 480. The van der Waals surface area contributed by atoms with Gasteiger partial charge in [0.2, 0.25) is 0 Å². The van der Waals surface area contributed by atoms with Crippen molar-refractivity contribution in [2.75, 3.05) is 11.1 Å². The molecule has 0 bridgehead atoms. The molecule has 0 aliphatic rings. The number of carboxylic acids is 1. The molecular formula is C15H19NO2S. The Labute approximate surface area is 118 Å². The van der Waals surface area contributed by atoms with Gasteiger partial charge < -0.3 is 10.4 Å². The first-order valence-corrected chi connectivity index (χ1v) is 7.34. The lowest BCUT2D eigenvalue weighted by Crippen LogP contribution is -2.19. The lowest BCUT2D eigenvalue weighted by molar-refractivity contribution is 0.0694. The summed E-state index contributed by atoms with van der Waals surface area (Å²) in [5.41, 5.74) is 0.910. The van der Waals surface area contributed by atoms with Crippen molar-refractivity contribution in [1.29, 1.82) is 0 Å². The van der Waals surface area contributed by atoms with E-state index in [1.165, 1.54) is 11.8 Å². The maximum Gasteiger partial charge on any atom is 0.338 e. The maximum atomic E-state index is 11.4. The number of benzene rings is 1. The standard InChI is InChI=1S/C15H19NO2S/c1-4-8-11(5-2)16-12-9-7-10-13(19-6-3)14(12)15(17)18/h2,7,9-11,16H,4,6,8H2,1,3H3,(H,17,18). The average Bonchev–Trinajstić information content (AvgIpc) is 2.38. The summed E-state index contributed by atoms with van der Waals surface area (Å²) in [5.74, 6) is 2.56. The van der Waals surface area contributed by atoms with Gasteiger partial charge in [0.25, 0.3) is 0 Å². The van der Waals surface area contributed by atoms with Crippen molar-refractivity contribution in [3.05, 3.63) is 23.8 Å². The minimum absolute atomic E-state index is 0.134. The SMILES string of the molecule is C#CC(CCC)Nc1cccc(SCC)c1C(=O)O. The molecule has 0 saturated heterocycles. The zero-order chi connectivity index (χ0) is 14.3. The zero-order valence-corrected chi connectivity index (χ0v) is 12.1. The Kier molecular flexibility index (Phi) is 6.31. The van der Waals surface area contributed by atoms with Crippen LogP contribution in [0.1, 0.15) is 37.0 Å². The molecule has 3 nitrogen and oxygen atoms in total. The van der Waals surface area contributed by atoms with Crippen molar-refractivity contribution < 1.29 is 9.90 Å². The fourth-order valence-corrected chi connectivity index (χ4v) is 2.65. The van der Waals surface area contributed by atoms with E-state index in [9.17, 15) is 9.90 Å². The predicted molar refractivity (Wildman–Crippen MR) is 81.0 cm³/mol. The molecule has 0 saturated carbocycles. The van der Waals surface area contributed by atoms with Crippen LogP contribution in [0.5, 0.6) is 0 Å². The smallest absolute Gasteiger partial charge is 0.338 e. The Morgan fingerprint density at radius 1 is 1.53 bits per heavy atom. The van der Waals surface area contributed by atoms with E-state index in [0.29, 0.717) is 11.3 Å². The van der Waals surface area contributed by atoms with E-state index < -0.39 is 5.97 Å². The highest BCUT2D eigenvalue weighted by atomic mass is 32.2. The summed E-state index contributed by atoms with van der Waals surface area (Å²) in [5, 5.41) is 12.5. The number of hydrogen-bond acceptors (Lipinski definition) is 3. The number of nitrogens with one attached hydrogen (secondary N) is 1. The molecule has 4 heteroatoms. The van der Waals surface area contributed by atoms with Crippen molar-refractivity contribution in [1.82, 2.24) is 0 Å². The van der Waals surface area contributed by atoms with Crippen LogP contribution in [-0.4, -0.2) is 22.9 Å². The Hall–Kier alpha value is -1.60. The van der Waals surface area contributed by atoms with Crippen LogP contribution in [0.2, 0.25) is 0 Å². The summed E-state index contributed by atoms with van der Waals surface area (Å²) in [6.07, 6.45) is 7.24. The quantitative estimate of drug-likeness (QED) is 0.589. The Morgan fingerprint density at radius 3 is 2.79 bits per heavy atom. The van der Waals surface area contributed by atoms with Gasteiger partial charge in [-0.3, -0.25) is 0 Å². The monoisotopic (exact) mass is 277 g/mol. The molecule has 0 aliphatic carbocycles. The first kappa shape index (κ1) is 15.5. The van der Waals surface area contributed by atoms with E-state index >= 15 is 0 Å². The van der Waals surface area contributed by atoms with Gasteiger partial charge in [-0.25, -0.2) is 4.79 Å². The number of carbonyl (C=O) groups is 1. The van der Waals surface area contributed by atoms with Crippen LogP contribution < -0.4 is 5.32 Å². The number of terminal acetylenes is 1. The molecule has 0 amide bonds. The van der Waals surface area contributed by atoms with Crippen LogP contribution >= 0.6 is 11.8 Å². The zero-order valence-electron chi connectivity index (χ0n) is 11.3. The van der Waals surface area contributed by atoms with Crippen molar-refractivity contribution in [3.8, 4) is 12.3 Å². The van der Waals surface area contributed by atoms with Gasteiger partial charge in [0.15, 0.2) is 0 Å². The minimum Gasteiger partial charge on any atom is -0.478 e. The van der Waals surface area contributed by atoms with E-state index in [4.69, 9.17) is 6.42 Å². The molecule has 0 fully saturated rings. The second-order valence-corrected chi connectivity index (χ2v) is 5.37. The molecule has 2 N–H and O–H groups in total. The van der Waals surface area contributed by atoms with E-state index in [1.807, 2.05) is 26.0 Å². The van der Waals surface area contributed by atoms with Gasteiger partial charge in [-0.15, -0.1) is 18.2 Å². The van der Waals surface area contributed by atoms with Gasteiger partial charge in [-0.1, -0.05) is 32.3 Å². The molecular weight excluding hydrogens is 258 g/mol. The summed E-state index contributed by atoms with van der Waals surface area (Å²) < 4.78 is 0. The fraction of sp³-hybridized carbons (Fsp3) is 0.400.